The first-order valence-corrected chi connectivity index (χ1v) is 10.3. The summed E-state index contributed by atoms with van der Waals surface area (Å²) >= 11 is 1.46. The SMILES string of the molecule is [2H]C([2H])([2H])c1ccc2c(n1)oc1c(-c3nccc4sc(C([2H])([2H])C(C)(C)C)c(C)c34)cccc12. The summed E-state index contributed by atoms with van der Waals surface area (Å²) in [5, 5.41) is 2.47. The molecule has 4 aromatic heterocycles. The van der Waals surface area contributed by atoms with Crippen molar-refractivity contribution in [3.63, 3.8) is 0 Å². The fraction of sp³-hybridized carbons (Fsp3) is 0.280. The second-order valence-electron chi connectivity index (χ2n) is 8.30. The average molecular weight is 406 g/mol. The maximum atomic E-state index is 8.83. The number of hydrogen-bond donors (Lipinski definition) is 0. The van der Waals surface area contributed by atoms with Crippen LogP contribution in [0, 0.1) is 19.2 Å². The van der Waals surface area contributed by atoms with Crippen molar-refractivity contribution in [2.75, 3.05) is 0 Å². The minimum absolute atomic E-state index is 0.0106. The van der Waals surface area contributed by atoms with Gasteiger partial charge in [0.1, 0.15) is 5.58 Å². The summed E-state index contributed by atoms with van der Waals surface area (Å²) in [5.74, 6) is 0. The van der Waals surface area contributed by atoms with Crippen molar-refractivity contribution >= 4 is 43.5 Å². The number of hydrogen-bond acceptors (Lipinski definition) is 4. The molecule has 3 nitrogen and oxygen atoms in total. The molecule has 4 heteroatoms. The summed E-state index contributed by atoms with van der Waals surface area (Å²) in [5.41, 5.74) is 2.62. The molecule has 0 unspecified atom stereocenters. The highest BCUT2D eigenvalue weighted by Gasteiger charge is 2.21. The molecule has 4 heterocycles. The molecule has 0 fully saturated rings. The van der Waals surface area contributed by atoms with Gasteiger partial charge in [0.2, 0.25) is 5.71 Å². The van der Waals surface area contributed by atoms with E-state index < -0.39 is 18.6 Å². The smallest absolute Gasteiger partial charge is 0.227 e. The number of thiophene rings is 1. The van der Waals surface area contributed by atoms with Gasteiger partial charge < -0.3 is 4.42 Å². The van der Waals surface area contributed by atoms with Gasteiger partial charge in [-0.1, -0.05) is 32.9 Å². The Bertz CT molecular complexity index is 1570. The molecule has 29 heavy (non-hydrogen) atoms. The van der Waals surface area contributed by atoms with Crippen LogP contribution in [0.15, 0.2) is 47.0 Å². The van der Waals surface area contributed by atoms with Crippen molar-refractivity contribution < 1.29 is 11.3 Å². The molecule has 0 N–H and O–H groups in total. The molecular formula is C25H24N2OS. The van der Waals surface area contributed by atoms with Gasteiger partial charge >= 0.3 is 0 Å². The van der Waals surface area contributed by atoms with Crippen molar-refractivity contribution in [1.29, 1.82) is 0 Å². The molecule has 146 valence electrons. The van der Waals surface area contributed by atoms with Gasteiger partial charge in [-0.05, 0) is 55.4 Å². The molecule has 5 aromatic rings. The van der Waals surface area contributed by atoms with Gasteiger partial charge in [-0.25, -0.2) is 4.98 Å². The van der Waals surface area contributed by atoms with E-state index in [2.05, 4.69) is 9.97 Å². The van der Waals surface area contributed by atoms with Crippen LogP contribution in [-0.4, -0.2) is 9.97 Å². The molecular weight excluding hydrogens is 376 g/mol. The van der Waals surface area contributed by atoms with Crippen molar-refractivity contribution in [3.05, 3.63) is 58.7 Å². The van der Waals surface area contributed by atoms with Crippen LogP contribution in [-0.2, 0) is 6.37 Å². The van der Waals surface area contributed by atoms with E-state index in [1.807, 2.05) is 52.0 Å². The zero-order valence-corrected chi connectivity index (χ0v) is 17.6. The Kier molecular flexibility index (Phi) is 2.97. The Morgan fingerprint density at radius 3 is 2.79 bits per heavy atom. The summed E-state index contributed by atoms with van der Waals surface area (Å²) in [4.78, 5) is 9.65. The van der Waals surface area contributed by atoms with Crippen LogP contribution in [0.25, 0.3) is 43.4 Å². The van der Waals surface area contributed by atoms with Gasteiger partial charge in [-0.15, -0.1) is 11.3 Å². The summed E-state index contributed by atoms with van der Waals surface area (Å²) in [6.07, 6.45) is 0.218. The molecule has 0 aliphatic carbocycles. The third-order valence-electron chi connectivity index (χ3n) is 4.95. The summed E-state index contributed by atoms with van der Waals surface area (Å²) in [7, 11) is 0. The molecule has 0 bridgehead atoms. The molecule has 0 saturated heterocycles. The van der Waals surface area contributed by atoms with Crippen molar-refractivity contribution in [2.45, 2.75) is 40.9 Å². The Morgan fingerprint density at radius 1 is 1.14 bits per heavy atom. The molecule has 0 atom stereocenters. The fourth-order valence-corrected chi connectivity index (χ4v) is 5.03. The van der Waals surface area contributed by atoms with E-state index in [0.717, 1.165) is 32.0 Å². The van der Waals surface area contributed by atoms with E-state index in [4.69, 9.17) is 11.3 Å². The molecule has 1 aromatic carbocycles. The number of nitrogens with zero attached hydrogens (tertiary/aromatic N) is 2. The lowest BCUT2D eigenvalue weighted by atomic mass is 9.90. The van der Waals surface area contributed by atoms with Gasteiger partial charge in [0.15, 0.2) is 0 Å². The number of benzene rings is 1. The standard InChI is InChI=1S/C25H24N2OS/c1-14-9-10-17-16-7-6-8-18(23(16)28-24(17)27-14)22-21-15(2)20(13-25(3,4)5)29-19(21)11-12-26-22/h6-12H,13H2,1-5H3/i1D3,13D2. The summed E-state index contributed by atoms with van der Waals surface area (Å²) in [6.45, 7) is 5.36. The molecule has 0 amide bonds. The lowest BCUT2D eigenvalue weighted by Gasteiger charge is -2.17. The van der Waals surface area contributed by atoms with E-state index >= 15 is 0 Å². The lowest BCUT2D eigenvalue weighted by molar-refractivity contribution is 0.414. The largest absolute Gasteiger partial charge is 0.437 e. The van der Waals surface area contributed by atoms with Crippen LogP contribution in [0.4, 0.5) is 0 Å². The predicted octanol–water partition coefficient (Wildman–Crippen LogP) is 7.46. The maximum absolute atomic E-state index is 8.83. The number of furan rings is 1. The van der Waals surface area contributed by atoms with Gasteiger partial charge in [0, 0.05) is 50.0 Å². The fourth-order valence-electron chi connectivity index (χ4n) is 3.72. The van der Waals surface area contributed by atoms with Crippen LogP contribution in [0.2, 0.25) is 0 Å². The number of para-hydroxylation sites is 1. The topological polar surface area (TPSA) is 38.9 Å². The Labute approximate surface area is 181 Å². The number of fused-ring (bicyclic) bond motifs is 4. The van der Waals surface area contributed by atoms with Crippen molar-refractivity contribution in [2.24, 2.45) is 5.41 Å². The van der Waals surface area contributed by atoms with Crippen LogP contribution in [0.3, 0.4) is 0 Å². The Balaban J connectivity index is 1.79. The van der Waals surface area contributed by atoms with Crippen LogP contribution < -0.4 is 0 Å². The molecule has 0 spiro atoms. The highest BCUT2D eigenvalue weighted by molar-refractivity contribution is 7.19. The van der Waals surface area contributed by atoms with E-state index in [0.29, 0.717) is 16.2 Å². The highest BCUT2D eigenvalue weighted by Crippen LogP contribution is 2.42. The quantitative estimate of drug-likeness (QED) is 0.306. The third-order valence-corrected chi connectivity index (χ3v) is 6.12. The third kappa shape index (κ3) is 3.03. The number of rotatable bonds is 2. The van der Waals surface area contributed by atoms with Crippen LogP contribution in [0.5, 0.6) is 0 Å². The average Bonchev–Trinajstić information content (AvgIpc) is 3.30. The van der Waals surface area contributed by atoms with E-state index in [1.54, 1.807) is 12.3 Å². The van der Waals surface area contributed by atoms with Gasteiger partial charge in [-0.2, -0.15) is 0 Å². The second-order valence-corrected chi connectivity index (χ2v) is 9.35. The first-order chi connectivity index (χ1) is 15.8. The Hall–Kier alpha value is -2.72. The predicted molar refractivity (Wildman–Crippen MR) is 123 cm³/mol. The lowest BCUT2D eigenvalue weighted by Crippen LogP contribution is -2.08. The Morgan fingerprint density at radius 2 is 2.00 bits per heavy atom. The van der Waals surface area contributed by atoms with Crippen molar-refractivity contribution in [1.82, 2.24) is 9.97 Å². The molecule has 5 rings (SSSR count). The minimum Gasteiger partial charge on any atom is -0.437 e. The summed E-state index contributed by atoms with van der Waals surface area (Å²) < 4.78 is 47.7. The molecule has 0 aliphatic heterocycles. The first kappa shape index (κ1) is 13.5. The van der Waals surface area contributed by atoms with Crippen LogP contribution >= 0.6 is 11.3 Å². The van der Waals surface area contributed by atoms with E-state index in [1.165, 1.54) is 17.4 Å². The van der Waals surface area contributed by atoms with Crippen LogP contribution in [0.1, 0.15) is 43.8 Å². The van der Waals surface area contributed by atoms with Crippen molar-refractivity contribution in [3.8, 4) is 11.3 Å². The van der Waals surface area contributed by atoms with Gasteiger partial charge in [0.25, 0.3) is 0 Å². The summed E-state index contributed by atoms with van der Waals surface area (Å²) in [6, 6.07) is 10.9. The number of pyridine rings is 2. The second kappa shape index (κ2) is 6.39. The molecule has 0 aliphatic rings. The first-order valence-electron chi connectivity index (χ1n) is 12.0. The zero-order chi connectivity index (χ0) is 24.6. The monoisotopic (exact) mass is 405 g/mol. The van der Waals surface area contributed by atoms with Gasteiger partial charge in [-0.3, -0.25) is 4.98 Å². The van der Waals surface area contributed by atoms with E-state index in [9.17, 15) is 0 Å². The van der Waals surface area contributed by atoms with Gasteiger partial charge in [0.05, 0.1) is 5.69 Å². The normalized spacial score (nSPS) is 15.9. The highest BCUT2D eigenvalue weighted by atomic mass is 32.1. The maximum Gasteiger partial charge on any atom is 0.227 e. The molecule has 0 radical (unpaired) electrons. The zero-order valence-electron chi connectivity index (χ0n) is 21.8. The number of aryl methyl sites for hydroxylation is 2. The number of aromatic nitrogens is 2. The molecule has 0 saturated carbocycles. The van der Waals surface area contributed by atoms with E-state index in [-0.39, 0.29) is 11.4 Å². The minimum atomic E-state index is -2.32.